The first-order valence-electron chi connectivity index (χ1n) is 9.49. The van der Waals surface area contributed by atoms with E-state index in [1.54, 1.807) is 24.3 Å². The summed E-state index contributed by atoms with van der Waals surface area (Å²) in [6, 6.07) is 14.4. The fourth-order valence-electron chi connectivity index (χ4n) is 3.55. The van der Waals surface area contributed by atoms with E-state index < -0.39 is 0 Å². The minimum Gasteiger partial charge on any atom is -0.485 e. The molecule has 0 aliphatic carbocycles. The molecule has 2 aromatic carbocycles. The van der Waals surface area contributed by atoms with Crippen LogP contribution in [-0.2, 0) is 7.05 Å². The van der Waals surface area contributed by atoms with Gasteiger partial charge in [-0.1, -0.05) is 36.0 Å². The summed E-state index contributed by atoms with van der Waals surface area (Å²) in [5, 5.41) is 9.19. The van der Waals surface area contributed by atoms with Crippen molar-refractivity contribution >= 4 is 23.6 Å². The van der Waals surface area contributed by atoms with E-state index in [2.05, 4.69) is 10.2 Å². The zero-order chi connectivity index (χ0) is 20.7. The van der Waals surface area contributed by atoms with E-state index >= 15 is 0 Å². The predicted molar refractivity (Wildman–Crippen MR) is 109 cm³/mol. The van der Waals surface area contributed by atoms with Gasteiger partial charge in [0.15, 0.2) is 28.6 Å². The van der Waals surface area contributed by atoms with Gasteiger partial charge < -0.3 is 14.0 Å². The van der Waals surface area contributed by atoms with Gasteiger partial charge >= 0.3 is 0 Å². The van der Waals surface area contributed by atoms with Gasteiger partial charge in [0, 0.05) is 19.3 Å². The van der Waals surface area contributed by atoms with Crippen LogP contribution in [0, 0.1) is 0 Å². The highest BCUT2D eigenvalue weighted by atomic mass is 32.2. The average molecular weight is 422 g/mol. The Morgan fingerprint density at radius 3 is 2.40 bits per heavy atom. The molecule has 2 aliphatic rings. The van der Waals surface area contributed by atoms with Crippen molar-refractivity contribution in [1.82, 2.24) is 19.7 Å². The van der Waals surface area contributed by atoms with Crippen LogP contribution in [0.25, 0.3) is 0 Å². The van der Waals surface area contributed by atoms with Crippen molar-refractivity contribution in [2.75, 3.05) is 18.9 Å². The van der Waals surface area contributed by atoms with Crippen LogP contribution in [0.2, 0.25) is 0 Å². The highest BCUT2D eigenvalue weighted by molar-refractivity contribution is 7.99. The number of carbonyl (C=O) groups excluding carboxylic acids is 2. The second kappa shape index (κ2) is 7.49. The quantitative estimate of drug-likeness (QED) is 0.462. The first-order chi connectivity index (χ1) is 14.6. The summed E-state index contributed by atoms with van der Waals surface area (Å²) < 4.78 is 13.6. The van der Waals surface area contributed by atoms with E-state index in [0.717, 1.165) is 0 Å². The number of aromatic nitrogens is 3. The number of para-hydroxylation sites is 2. The molecular formula is C21H18N4O4S. The SMILES string of the molecule is Cn1c(SCCN2C(=O)c3ccccc3C2=O)nnc1[C@@H]1COc2ccccc2O1. The number of hydrogen-bond donors (Lipinski definition) is 0. The van der Waals surface area contributed by atoms with E-state index in [1.165, 1.54) is 16.7 Å². The molecule has 3 heterocycles. The normalized spacial score (nSPS) is 17.4. The number of amides is 2. The van der Waals surface area contributed by atoms with Crippen LogP contribution in [0.3, 0.4) is 0 Å². The monoisotopic (exact) mass is 422 g/mol. The van der Waals surface area contributed by atoms with E-state index in [4.69, 9.17) is 9.47 Å². The van der Waals surface area contributed by atoms with Crippen LogP contribution in [0.5, 0.6) is 11.5 Å². The lowest BCUT2D eigenvalue weighted by Crippen LogP contribution is -2.31. The Morgan fingerprint density at radius 1 is 1.00 bits per heavy atom. The molecule has 152 valence electrons. The molecule has 2 aliphatic heterocycles. The van der Waals surface area contributed by atoms with Gasteiger partial charge in [0.25, 0.3) is 11.8 Å². The molecule has 0 unspecified atom stereocenters. The zero-order valence-corrected chi connectivity index (χ0v) is 17.0. The van der Waals surface area contributed by atoms with Gasteiger partial charge in [0.05, 0.1) is 11.1 Å². The van der Waals surface area contributed by atoms with Gasteiger partial charge in [-0.25, -0.2) is 0 Å². The summed E-state index contributed by atoms with van der Waals surface area (Å²) in [7, 11) is 1.86. The number of hydrogen-bond acceptors (Lipinski definition) is 7. The maximum absolute atomic E-state index is 12.5. The molecular weight excluding hydrogens is 404 g/mol. The van der Waals surface area contributed by atoms with Crippen LogP contribution in [0.1, 0.15) is 32.6 Å². The van der Waals surface area contributed by atoms with Crippen LogP contribution >= 0.6 is 11.8 Å². The maximum Gasteiger partial charge on any atom is 0.261 e. The molecule has 0 saturated carbocycles. The Hall–Kier alpha value is -3.33. The lowest BCUT2D eigenvalue weighted by Gasteiger charge is -2.25. The molecule has 1 aromatic heterocycles. The third kappa shape index (κ3) is 3.11. The Labute approximate surface area is 176 Å². The molecule has 0 N–H and O–H groups in total. The lowest BCUT2D eigenvalue weighted by molar-refractivity contribution is 0.0664. The van der Waals surface area contributed by atoms with Gasteiger partial charge in [-0.3, -0.25) is 14.5 Å². The Morgan fingerprint density at radius 2 is 1.67 bits per heavy atom. The molecule has 0 spiro atoms. The highest BCUT2D eigenvalue weighted by Gasteiger charge is 2.34. The standard InChI is InChI=1S/C21H18N4O4S/c1-24-18(17-12-28-15-8-4-5-9-16(15)29-17)22-23-21(24)30-11-10-25-19(26)13-6-2-3-7-14(13)20(25)27/h2-9,17H,10-12H2,1H3/t17-/m0/s1. The minimum absolute atomic E-state index is 0.249. The lowest BCUT2D eigenvalue weighted by atomic mass is 10.1. The topological polar surface area (TPSA) is 86.6 Å². The number of rotatable bonds is 5. The number of nitrogens with zero attached hydrogens (tertiary/aromatic N) is 4. The third-order valence-electron chi connectivity index (χ3n) is 5.09. The number of imide groups is 1. The number of carbonyl (C=O) groups is 2. The molecule has 9 heteroatoms. The van der Waals surface area contributed by atoms with E-state index in [9.17, 15) is 9.59 Å². The van der Waals surface area contributed by atoms with Crippen molar-refractivity contribution in [2.45, 2.75) is 11.3 Å². The van der Waals surface area contributed by atoms with Gasteiger partial charge in [0.1, 0.15) is 6.61 Å². The summed E-state index contributed by atoms with van der Waals surface area (Å²) in [6.45, 7) is 0.651. The number of benzene rings is 2. The molecule has 0 bridgehead atoms. The molecule has 5 rings (SSSR count). The Kier molecular flexibility index (Phi) is 4.66. The molecule has 0 radical (unpaired) electrons. The van der Waals surface area contributed by atoms with Gasteiger partial charge in [-0.15, -0.1) is 10.2 Å². The summed E-state index contributed by atoms with van der Waals surface area (Å²) in [5.74, 6) is 2.07. The second-order valence-electron chi connectivity index (χ2n) is 6.92. The molecule has 2 amide bonds. The smallest absolute Gasteiger partial charge is 0.261 e. The van der Waals surface area contributed by atoms with Crippen LogP contribution in [-0.4, -0.2) is 50.4 Å². The van der Waals surface area contributed by atoms with Crippen LogP contribution in [0.4, 0.5) is 0 Å². The number of ether oxygens (including phenoxy) is 2. The third-order valence-corrected chi connectivity index (χ3v) is 6.09. The minimum atomic E-state index is -0.358. The van der Waals surface area contributed by atoms with E-state index in [0.29, 0.717) is 52.5 Å². The Balaban J connectivity index is 1.23. The highest BCUT2D eigenvalue weighted by Crippen LogP contribution is 2.35. The molecule has 0 fully saturated rings. The average Bonchev–Trinajstić information content (AvgIpc) is 3.26. The van der Waals surface area contributed by atoms with Crippen molar-refractivity contribution in [2.24, 2.45) is 7.05 Å². The maximum atomic E-state index is 12.5. The summed E-state index contributed by atoms with van der Waals surface area (Å²) in [6.07, 6.45) is -0.358. The van der Waals surface area contributed by atoms with Crippen LogP contribution < -0.4 is 9.47 Å². The van der Waals surface area contributed by atoms with Crippen molar-refractivity contribution in [3.8, 4) is 11.5 Å². The number of fused-ring (bicyclic) bond motifs is 2. The van der Waals surface area contributed by atoms with Gasteiger partial charge in [-0.05, 0) is 24.3 Å². The molecule has 1 atom stereocenters. The molecule has 3 aromatic rings. The van der Waals surface area contributed by atoms with Crippen LogP contribution in [0.15, 0.2) is 53.7 Å². The van der Waals surface area contributed by atoms with Gasteiger partial charge in [0.2, 0.25) is 0 Å². The summed E-state index contributed by atoms with van der Waals surface area (Å²) in [5.41, 5.74) is 0.923. The summed E-state index contributed by atoms with van der Waals surface area (Å²) in [4.78, 5) is 26.2. The zero-order valence-electron chi connectivity index (χ0n) is 16.1. The fourth-order valence-corrected chi connectivity index (χ4v) is 4.39. The largest absolute Gasteiger partial charge is 0.485 e. The predicted octanol–water partition coefficient (Wildman–Crippen LogP) is 2.72. The van der Waals surface area contributed by atoms with Crippen molar-refractivity contribution in [3.05, 3.63) is 65.5 Å². The number of thioether (sulfide) groups is 1. The van der Waals surface area contributed by atoms with Gasteiger partial charge in [-0.2, -0.15) is 0 Å². The molecule has 0 saturated heterocycles. The molecule has 30 heavy (non-hydrogen) atoms. The molecule has 8 nitrogen and oxygen atoms in total. The second-order valence-corrected chi connectivity index (χ2v) is 7.98. The van der Waals surface area contributed by atoms with E-state index in [-0.39, 0.29) is 17.9 Å². The first-order valence-corrected chi connectivity index (χ1v) is 10.5. The van der Waals surface area contributed by atoms with Crippen molar-refractivity contribution in [3.63, 3.8) is 0 Å². The Bertz CT molecular complexity index is 1110. The van der Waals surface area contributed by atoms with E-state index in [1.807, 2.05) is 35.9 Å². The van der Waals surface area contributed by atoms with Crippen molar-refractivity contribution in [1.29, 1.82) is 0 Å². The first kappa shape index (κ1) is 18.7. The fraction of sp³-hybridized carbons (Fsp3) is 0.238. The van der Waals surface area contributed by atoms with Crippen molar-refractivity contribution < 1.29 is 19.1 Å². The summed E-state index contributed by atoms with van der Waals surface area (Å²) >= 11 is 1.43.